The zero-order chi connectivity index (χ0) is 14.0. The van der Waals surface area contributed by atoms with Gasteiger partial charge in [0, 0.05) is 4.47 Å². The fraction of sp³-hybridized carbons (Fsp3) is 0.133. The van der Waals surface area contributed by atoms with Gasteiger partial charge in [0.15, 0.2) is 0 Å². The lowest BCUT2D eigenvalue weighted by Gasteiger charge is -2.12. The quantitative estimate of drug-likeness (QED) is 0.902. The Labute approximate surface area is 120 Å². The van der Waals surface area contributed by atoms with Crippen LogP contribution in [0.25, 0.3) is 0 Å². The van der Waals surface area contributed by atoms with Gasteiger partial charge in [-0.1, -0.05) is 28.1 Å². The number of hydrogen-bond acceptors (Lipinski definition) is 2. The second-order valence-electron chi connectivity index (χ2n) is 4.30. The van der Waals surface area contributed by atoms with Crippen LogP contribution in [0.2, 0.25) is 0 Å². The van der Waals surface area contributed by atoms with Gasteiger partial charge >= 0.3 is 5.97 Å². The Morgan fingerprint density at radius 2 is 1.63 bits per heavy atom. The molecular weight excluding hydrogens is 308 g/mol. The molecule has 0 atom stereocenters. The third-order valence-corrected chi connectivity index (χ3v) is 3.30. The summed E-state index contributed by atoms with van der Waals surface area (Å²) in [6, 6.07) is 10.6. The zero-order valence-corrected chi connectivity index (χ0v) is 12.2. The highest BCUT2D eigenvalue weighted by Crippen LogP contribution is 2.30. The number of hydrogen-bond donors (Lipinski definition) is 1. The second-order valence-corrected chi connectivity index (χ2v) is 5.21. The molecule has 0 aliphatic rings. The molecule has 0 aliphatic carbocycles. The van der Waals surface area contributed by atoms with Gasteiger partial charge in [-0.05, 0) is 49.2 Å². The summed E-state index contributed by atoms with van der Waals surface area (Å²) in [5.74, 6) is 0.303. The number of aryl methyl sites for hydroxylation is 2. The molecule has 0 aliphatic heterocycles. The van der Waals surface area contributed by atoms with Crippen molar-refractivity contribution in [2.24, 2.45) is 0 Å². The molecule has 1 N–H and O–H groups in total. The third-order valence-electron chi connectivity index (χ3n) is 2.81. The minimum absolute atomic E-state index is 0.216. The first-order valence-electron chi connectivity index (χ1n) is 5.75. The van der Waals surface area contributed by atoms with Gasteiger partial charge in [-0.15, -0.1) is 0 Å². The van der Waals surface area contributed by atoms with Crippen LogP contribution in [0.5, 0.6) is 11.5 Å². The smallest absolute Gasteiger partial charge is 0.335 e. The van der Waals surface area contributed by atoms with Crippen LogP contribution >= 0.6 is 15.9 Å². The van der Waals surface area contributed by atoms with E-state index in [1.807, 2.05) is 32.0 Å². The predicted molar refractivity (Wildman–Crippen MR) is 77.1 cm³/mol. The number of aromatic carboxylic acids is 1. The number of rotatable bonds is 3. The molecule has 2 aromatic carbocycles. The zero-order valence-electron chi connectivity index (χ0n) is 10.6. The summed E-state index contributed by atoms with van der Waals surface area (Å²) in [5.41, 5.74) is 2.10. The number of benzene rings is 2. The fourth-order valence-corrected chi connectivity index (χ4v) is 1.99. The standard InChI is InChI=1S/C15H13BrO3/c1-9-3-5-11(15(17)18)7-13(9)19-14-8-12(16)6-4-10(14)2/h3-8H,1-2H3,(H,17,18). The fourth-order valence-electron chi connectivity index (χ4n) is 1.65. The van der Waals surface area contributed by atoms with Gasteiger partial charge in [-0.25, -0.2) is 4.79 Å². The van der Waals surface area contributed by atoms with Gasteiger partial charge in [-0.2, -0.15) is 0 Å². The Morgan fingerprint density at radius 3 is 2.26 bits per heavy atom. The molecule has 98 valence electrons. The van der Waals surface area contributed by atoms with E-state index in [9.17, 15) is 4.79 Å². The van der Waals surface area contributed by atoms with E-state index in [-0.39, 0.29) is 5.56 Å². The molecule has 2 aromatic rings. The summed E-state index contributed by atoms with van der Waals surface area (Å²) < 4.78 is 6.74. The Hall–Kier alpha value is -1.81. The van der Waals surface area contributed by atoms with Crippen molar-refractivity contribution in [1.29, 1.82) is 0 Å². The normalized spacial score (nSPS) is 10.3. The van der Waals surface area contributed by atoms with E-state index in [2.05, 4.69) is 15.9 Å². The van der Waals surface area contributed by atoms with Gasteiger partial charge < -0.3 is 9.84 Å². The molecule has 2 rings (SSSR count). The molecule has 0 radical (unpaired) electrons. The summed E-state index contributed by atoms with van der Waals surface area (Å²) in [7, 11) is 0. The molecule has 0 aromatic heterocycles. The van der Waals surface area contributed by atoms with E-state index in [1.54, 1.807) is 12.1 Å². The van der Waals surface area contributed by atoms with Gasteiger partial charge in [0.2, 0.25) is 0 Å². The highest BCUT2D eigenvalue weighted by molar-refractivity contribution is 9.10. The average molecular weight is 321 g/mol. The molecule has 0 saturated heterocycles. The van der Waals surface area contributed by atoms with Crippen LogP contribution in [0.1, 0.15) is 21.5 Å². The molecule has 4 heteroatoms. The van der Waals surface area contributed by atoms with E-state index in [4.69, 9.17) is 9.84 Å². The van der Waals surface area contributed by atoms with Crippen LogP contribution in [0, 0.1) is 13.8 Å². The second kappa shape index (κ2) is 5.45. The number of carbonyl (C=O) groups is 1. The van der Waals surface area contributed by atoms with Crippen LogP contribution < -0.4 is 4.74 Å². The predicted octanol–water partition coefficient (Wildman–Crippen LogP) is 4.56. The van der Waals surface area contributed by atoms with Crippen LogP contribution in [0.3, 0.4) is 0 Å². The van der Waals surface area contributed by atoms with E-state index >= 15 is 0 Å². The Balaban J connectivity index is 2.40. The molecular formula is C15H13BrO3. The lowest BCUT2D eigenvalue weighted by atomic mass is 10.1. The first-order chi connectivity index (χ1) is 8.97. The molecule has 0 amide bonds. The first kappa shape index (κ1) is 13.6. The topological polar surface area (TPSA) is 46.5 Å². The molecule has 3 nitrogen and oxygen atoms in total. The molecule has 0 spiro atoms. The highest BCUT2D eigenvalue weighted by atomic mass is 79.9. The summed E-state index contributed by atoms with van der Waals surface area (Å²) in [5, 5.41) is 9.00. The van der Waals surface area contributed by atoms with Gasteiger partial charge in [0.05, 0.1) is 5.56 Å². The number of carboxylic acid groups (broad SMARTS) is 1. The van der Waals surface area contributed by atoms with Gasteiger partial charge in [-0.3, -0.25) is 0 Å². The monoisotopic (exact) mass is 320 g/mol. The molecule has 19 heavy (non-hydrogen) atoms. The van der Waals surface area contributed by atoms with Crippen LogP contribution in [-0.4, -0.2) is 11.1 Å². The minimum atomic E-state index is -0.962. The summed E-state index contributed by atoms with van der Waals surface area (Å²) in [6.45, 7) is 3.83. The van der Waals surface area contributed by atoms with Crippen LogP contribution in [-0.2, 0) is 0 Å². The maximum Gasteiger partial charge on any atom is 0.335 e. The van der Waals surface area contributed by atoms with E-state index < -0.39 is 5.97 Å². The van der Waals surface area contributed by atoms with E-state index in [0.29, 0.717) is 11.5 Å². The molecule has 0 bridgehead atoms. The van der Waals surface area contributed by atoms with E-state index in [1.165, 1.54) is 6.07 Å². The van der Waals surface area contributed by atoms with E-state index in [0.717, 1.165) is 15.6 Å². The first-order valence-corrected chi connectivity index (χ1v) is 6.54. The Morgan fingerprint density at radius 1 is 1.05 bits per heavy atom. The molecule has 0 saturated carbocycles. The number of carboxylic acids is 1. The number of halogens is 1. The minimum Gasteiger partial charge on any atom is -0.478 e. The SMILES string of the molecule is Cc1ccc(Br)cc1Oc1cc(C(=O)O)ccc1C. The number of ether oxygens (including phenoxy) is 1. The highest BCUT2D eigenvalue weighted by Gasteiger charge is 2.09. The lowest BCUT2D eigenvalue weighted by molar-refractivity contribution is 0.0696. The van der Waals surface area contributed by atoms with Crippen molar-refractivity contribution >= 4 is 21.9 Å². The largest absolute Gasteiger partial charge is 0.478 e. The van der Waals surface area contributed by atoms with Crippen molar-refractivity contribution in [3.05, 3.63) is 57.6 Å². The van der Waals surface area contributed by atoms with Crippen molar-refractivity contribution in [1.82, 2.24) is 0 Å². The van der Waals surface area contributed by atoms with Crippen LogP contribution in [0.15, 0.2) is 40.9 Å². The summed E-state index contributed by atoms with van der Waals surface area (Å²) in [6.07, 6.45) is 0. The maximum absolute atomic E-state index is 11.0. The molecule has 0 unspecified atom stereocenters. The lowest BCUT2D eigenvalue weighted by Crippen LogP contribution is -1.98. The van der Waals surface area contributed by atoms with Crippen molar-refractivity contribution in [2.45, 2.75) is 13.8 Å². The van der Waals surface area contributed by atoms with Crippen molar-refractivity contribution in [3.8, 4) is 11.5 Å². The average Bonchev–Trinajstić information content (AvgIpc) is 2.36. The van der Waals surface area contributed by atoms with Crippen LogP contribution in [0.4, 0.5) is 0 Å². The third kappa shape index (κ3) is 3.15. The maximum atomic E-state index is 11.0. The van der Waals surface area contributed by atoms with Crippen molar-refractivity contribution in [3.63, 3.8) is 0 Å². The Kier molecular flexibility index (Phi) is 3.90. The van der Waals surface area contributed by atoms with Crippen molar-refractivity contribution in [2.75, 3.05) is 0 Å². The van der Waals surface area contributed by atoms with Gasteiger partial charge in [0.1, 0.15) is 11.5 Å². The molecule has 0 heterocycles. The summed E-state index contributed by atoms with van der Waals surface area (Å²) in [4.78, 5) is 11.0. The summed E-state index contributed by atoms with van der Waals surface area (Å²) >= 11 is 3.39. The Bertz CT molecular complexity index is 635. The van der Waals surface area contributed by atoms with Gasteiger partial charge in [0.25, 0.3) is 0 Å². The van der Waals surface area contributed by atoms with Crippen molar-refractivity contribution < 1.29 is 14.6 Å². The molecule has 0 fully saturated rings.